The van der Waals surface area contributed by atoms with Crippen molar-refractivity contribution in [3.05, 3.63) is 18.2 Å². The summed E-state index contributed by atoms with van der Waals surface area (Å²) >= 11 is 0. The van der Waals surface area contributed by atoms with Gasteiger partial charge >= 0.3 is 0 Å². The van der Waals surface area contributed by atoms with Crippen LogP contribution in [0, 0.1) is 5.92 Å². The van der Waals surface area contributed by atoms with Gasteiger partial charge < -0.3 is 9.88 Å². The van der Waals surface area contributed by atoms with Gasteiger partial charge in [0.25, 0.3) is 0 Å². The summed E-state index contributed by atoms with van der Waals surface area (Å²) in [6, 6.07) is 0.772. The van der Waals surface area contributed by atoms with Gasteiger partial charge in [0, 0.05) is 25.0 Å². The van der Waals surface area contributed by atoms with Gasteiger partial charge in [0.15, 0.2) is 0 Å². The molecule has 3 nitrogen and oxygen atoms in total. The average molecular weight is 247 g/mol. The molecule has 1 aromatic rings. The molecule has 1 heterocycles. The first-order valence-electron chi connectivity index (χ1n) is 7.65. The van der Waals surface area contributed by atoms with E-state index in [1.165, 1.54) is 57.2 Å². The summed E-state index contributed by atoms with van der Waals surface area (Å²) < 4.78 is 2.35. The van der Waals surface area contributed by atoms with Crippen molar-refractivity contribution in [2.75, 3.05) is 0 Å². The molecule has 100 valence electrons. The van der Waals surface area contributed by atoms with Gasteiger partial charge in [-0.05, 0) is 25.2 Å². The van der Waals surface area contributed by atoms with Gasteiger partial charge in [-0.25, -0.2) is 4.98 Å². The number of imidazole rings is 1. The Morgan fingerprint density at radius 3 is 2.78 bits per heavy atom. The molecule has 3 rings (SSSR count). The summed E-state index contributed by atoms with van der Waals surface area (Å²) in [5, 5.41) is 3.55. The molecule has 2 aliphatic carbocycles. The van der Waals surface area contributed by atoms with E-state index in [0.29, 0.717) is 0 Å². The van der Waals surface area contributed by atoms with Crippen molar-refractivity contribution in [2.45, 2.75) is 70.5 Å². The van der Waals surface area contributed by atoms with Crippen molar-refractivity contribution in [3.63, 3.8) is 0 Å². The SMILES string of the molecule is c1cn(CCC2CCCCC2)c(CNC2CC2)n1. The zero-order chi connectivity index (χ0) is 12.2. The van der Waals surface area contributed by atoms with Gasteiger partial charge in [-0.2, -0.15) is 0 Å². The Morgan fingerprint density at radius 1 is 1.17 bits per heavy atom. The van der Waals surface area contributed by atoms with E-state index in [9.17, 15) is 0 Å². The molecular formula is C15H25N3. The molecule has 0 aliphatic heterocycles. The van der Waals surface area contributed by atoms with E-state index in [-0.39, 0.29) is 0 Å². The summed E-state index contributed by atoms with van der Waals surface area (Å²) in [6.45, 7) is 2.11. The van der Waals surface area contributed by atoms with Gasteiger partial charge in [0.1, 0.15) is 5.82 Å². The third-order valence-electron chi connectivity index (χ3n) is 4.43. The third kappa shape index (κ3) is 3.35. The maximum Gasteiger partial charge on any atom is 0.122 e. The molecule has 0 radical (unpaired) electrons. The average Bonchev–Trinajstić information content (AvgIpc) is 3.14. The predicted molar refractivity (Wildman–Crippen MR) is 73.3 cm³/mol. The van der Waals surface area contributed by atoms with Crippen LogP contribution in [-0.4, -0.2) is 15.6 Å². The van der Waals surface area contributed by atoms with Gasteiger partial charge in [-0.3, -0.25) is 0 Å². The predicted octanol–water partition coefficient (Wildman–Crippen LogP) is 3.11. The number of hydrogen-bond donors (Lipinski definition) is 1. The Morgan fingerprint density at radius 2 is 2.00 bits per heavy atom. The second-order valence-electron chi connectivity index (χ2n) is 5.98. The number of nitrogens with zero attached hydrogens (tertiary/aromatic N) is 2. The van der Waals surface area contributed by atoms with Crippen LogP contribution in [0.5, 0.6) is 0 Å². The van der Waals surface area contributed by atoms with Crippen LogP contribution < -0.4 is 5.32 Å². The molecule has 0 bridgehead atoms. The Labute approximate surface area is 110 Å². The van der Waals surface area contributed by atoms with E-state index < -0.39 is 0 Å². The molecule has 3 heteroatoms. The number of aryl methyl sites for hydroxylation is 1. The maximum absolute atomic E-state index is 4.48. The molecule has 0 aromatic carbocycles. The van der Waals surface area contributed by atoms with E-state index in [2.05, 4.69) is 21.1 Å². The highest BCUT2D eigenvalue weighted by atomic mass is 15.1. The van der Waals surface area contributed by atoms with Crippen LogP contribution in [0.3, 0.4) is 0 Å². The molecule has 0 unspecified atom stereocenters. The van der Waals surface area contributed by atoms with Crippen LogP contribution in [0.1, 0.15) is 57.2 Å². The lowest BCUT2D eigenvalue weighted by Gasteiger charge is -2.21. The van der Waals surface area contributed by atoms with Crippen LogP contribution in [0.25, 0.3) is 0 Å². The van der Waals surface area contributed by atoms with Gasteiger partial charge in [-0.1, -0.05) is 32.1 Å². The molecule has 2 saturated carbocycles. The monoisotopic (exact) mass is 247 g/mol. The van der Waals surface area contributed by atoms with E-state index in [0.717, 1.165) is 25.0 Å². The maximum atomic E-state index is 4.48. The molecule has 18 heavy (non-hydrogen) atoms. The molecule has 0 amide bonds. The second kappa shape index (κ2) is 5.87. The minimum absolute atomic E-state index is 0.772. The Balaban J connectivity index is 1.46. The van der Waals surface area contributed by atoms with Crippen molar-refractivity contribution in [3.8, 4) is 0 Å². The van der Waals surface area contributed by atoms with E-state index >= 15 is 0 Å². The first-order chi connectivity index (χ1) is 8.92. The summed E-state index contributed by atoms with van der Waals surface area (Å²) in [5.74, 6) is 2.18. The largest absolute Gasteiger partial charge is 0.334 e. The van der Waals surface area contributed by atoms with Crippen molar-refractivity contribution < 1.29 is 0 Å². The Kier molecular flexibility index (Phi) is 3.99. The summed E-state index contributed by atoms with van der Waals surface area (Å²) in [4.78, 5) is 4.48. The molecule has 2 fully saturated rings. The van der Waals surface area contributed by atoms with Crippen LogP contribution in [0.2, 0.25) is 0 Å². The lowest BCUT2D eigenvalue weighted by atomic mass is 9.87. The summed E-state index contributed by atoms with van der Waals surface area (Å²) in [7, 11) is 0. The molecular weight excluding hydrogens is 222 g/mol. The highest BCUT2D eigenvalue weighted by Crippen LogP contribution is 2.26. The van der Waals surface area contributed by atoms with Crippen molar-refractivity contribution >= 4 is 0 Å². The fourth-order valence-corrected chi connectivity index (χ4v) is 3.03. The molecule has 0 spiro atoms. The highest BCUT2D eigenvalue weighted by molar-refractivity contribution is 4.94. The molecule has 1 N–H and O–H groups in total. The molecule has 0 saturated heterocycles. The minimum Gasteiger partial charge on any atom is -0.334 e. The first kappa shape index (κ1) is 12.2. The highest BCUT2D eigenvalue weighted by Gasteiger charge is 2.21. The minimum atomic E-state index is 0.772. The third-order valence-corrected chi connectivity index (χ3v) is 4.43. The van der Waals surface area contributed by atoms with Crippen LogP contribution in [-0.2, 0) is 13.1 Å². The first-order valence-corrected chi connectivity index (χ1v) is 7.65. The number of nitrogens with one attached hydrogen (secondary N) is 1. The molecule has 1 aromatic heterocycles. The zero-order valence-corrected chi connectivity index (χ0v) is 11.3. The quantitative estimate of drug-likeness (QED) is 0.837. The Hall–Kier alpha value is -0.830. The summed E-state index contributed by atoms with van der Waals surface area (Å²) in [5.41, 5.74) is 0. The zero-order valence-electron chi connectivity index (χ0n) is 11.3. The lowest BCUT2D eigenvalue weighted by molar-refractivity contribution is 0.322. The summed E-state index contributed by atoms with van der Waals surface area (Å²) in [6.07, 6.45) is 15.4. The second-order valence-corrected chi connectivity index (χ2v) is 5.98. The van der Waals surface area contributed by atoms with Crippen LogP contribution in [0.4, 0.5) is 0 Å². The van der Waals surface area contributed by atoms with Crippen molar-refractivity contribution in [2.24, 2.45) is 5.92 Å². The normalized spacial score (nSPS) is 21.3. The van der Waals surface area contributed by atoms with Gasteiger partial charge in [0.05, 0.1) is 6.54 Å². The lowest BCUT2D eigenvalue weighted by Crippen LogP contribution is -2.19. The molecule has 2 aliphatic rings. The Bertz CT molecular complexity index is 362. The van der Waals surface area contributed by atoms with Crippen molar-refractivity contribution in [1.29, 1.82) is 0 Å². The number of aromatic nitrogens is 2. The van der Waals surface area contributed by atoms with E-state index in [4.69, 9.17) is 0 Å². The standard InChI is InChI=1S/C15H25N3/c1-2-4-13(5-3-1)8-10-18-11-9-16-15(18)12-17-14-6-7-14/h9,11,13-14,17H,1-8,10,12H2. The fraction of sp³-hybridized carbons (Fsp3) is 0.800. The van der Waals surface area contributed by atoms with Gasteiger partial charge in [0.2, 0.25) is 0 Å². The van der Waals surface area contributed by atoms with E-state index in [1.54, 1.807) is 0 Å². The van der Waals surface area contributed by atoms with Gasteiger partial charge in [-0.15, -0.1) is 0 Å². The number of rotatable bonds is 6. The van der Waals surface area contributed by atoms with Crippen LogP contribution >= 0.6 is 0 Å². The molecule has 0 atom stereocenters. The van der Waals surface area contributed by atoms with E-state index in [1.807, 2.05) is 6.20 Å². The topological polar surface area (TPSA) is 29.9 Å². The smallest absolute Gasteiger partial charge is 0.122 e. The van der Waals surface area contributed by atoms with Crippen molar-refractivity contribution in [1.82, 2.24) is 14.9 Å². The fourth-order valence-electron chi connectivity index (χ4n) is 3.03. The van der Waals surface area contributed by atoms with Crippen LogP contribution in [0.15, 0.2) is 12.4 Å². The number of hydrogen-bond acceptors (Lipinski definition) is 2.